The highest BCUT2D eigenvalue weighted by Crippen LogP contribution is 2.13. The topological polar surface area (TPSA) is 15.3 Å². The molecule has 2 aliphatic heterocycles. The zero-order chi connectivity index (χ0) is 9.64. The van der Waals surface area contributed by atoms with Gasteiger partial charge in [0.25, 0.3) is 0 Å². The summed E-state index contributed by atoms with van der Waals surface area (Å²) in [5, 5.41) is 3.67. The van der Waals surface area contributed by atoms with E-state index in [1.807, 2.05) is 0 Å². The lowest BCUT2D eigenvalue weighted by atomic mass is 10.1. The van der Waals surface area contributed by atoms with Gasteiger partial charge in [0, 0.05) is 18.3 Å². The highest BCUT2D eigenvalue weighted by atomic mass is 32.2. The van der Waals surface area contributed by atoms with E-state index in [9.17, 15) is 0 Å². The first-order valence-corrected chi connectivity index (χ1v) is 7.14. The third-order valence-electron chi connectivity index (χ3n) is 3.14. The zero-order valence-electron chi connectivity index (χ0n) is 9.00. The molecule has 0 aromatic heterocycles. The molecule has 0 aromatic rings. The number of nitrogens with one attached hydrogen (secondary N) is 1. The summed E-state index contributed by atoms with van der Waals surface area (Å²) < 4.78 is 0. The van der Waals surface area contributed by atoms with E-state index in [-0.39, 0.29) is 0 Å². The van der Waals surface area contributed by atoms with Crippen LogP contribution in [0, 0.1) is 0 Å². The van der Waals surface area contributed by atoms with E-state index >= 15 is 0 Å². The van der Waals surface area contributed by atoms with Crippen LogP contribution in [-0.2, 0) is 0 Å². The minimum absolute atomic E-state index is 0.751. The molecule has 2 saturated heterocycles. The maximum atomic E-state index is 3.67. The number of nitrogens with zero attached hydrogens (tertiary/aromatic N) is 1. The van der Waals surface area contributed by atoms with Gasteiger partial charge in [0.15, 0.2) is 0 Å². The Morgan fingerprint density at radius 2 is 2.00 bits per heavy atom. The van der Waals surface area contributed by atoms with Crippen LogP contribution in [0.3, 0.4) is 0 Å². The normalized spacial score (nSPS) is 31.3. The van der Waals surface area contributed by atoms with Gasteiger partial charge >= 0.3 is 0 Å². The molecule has 2 nitrogen and oxygen atoms in total. The van der Waals surface area contributed by atoms with E-state index in [0.717, 1.165) is 6.04 Å². The summed E-state index contributed by atoms with van der Waals surface area (Å²) in [7, 11) is 0. The van der Waals surface area contributed by atoms with E-state index in [4.69, 9.17) is 0 Å². The molecule has 2 fully saturated rings. The molecule has 0 unspecified atom stereocenters. The fraction of sp³-hybridized carbons (Fsp3) is 1.00. The Hall–Kier alpha value is 0.270. The summed E-state index contributed by atoms with van der Waals surface area (Å²) in [6.45, 7) is 5.18. The number of likely N-dealkylation sites (tertiary alicyclic amines) is 1. The third kappa shape index (κ3) is 3.44. The van der Waals surface area contributed by atoms with Gasteiger partial charge in [-0.3, -0.25) is 0 Å². The maximum absolute atomic E-state index is 3.67. The Morgan fingerprint density at radius 3 is 2.86 bits per heavy atom. The largest absolute Gasteiger partial charge is 0.312 e. The average Bonchev–Trinajstić information content (AvgIpc) is 2.48. The molecular weight excluding hydrogens is 192 g/mol. The smallest absolute Gasteiger partial charge is 0.0285 e. The van der Waals surface area contributed by atoms with Crippen molar-refractivity contribution in [3.63, 3.8) is 0 Å². The van der Waals surface area contributed by atoms with Crippen LogP contribution >= 0.6 is 11.8 Å². The molecule has 0 aromatic carbocycles. The molecule has 82 valence electrons. The zero-order valence-corrected chi connectivity index (χ0v) is 9.82. The van der Waals surface area contributed by atoms with Gasteiger partial charge in [0.2, 0.25) is 0 Å². The van der Waals surface area contributed by atoms with Crippen molar-refractivity contribution in [2.24, 2.45) is 0 Å². The Balaban J connectivity index is 1.71. The van der Waals surface area contributed by atoms with Crippen LogP contribution in [0.1, 0.15) is 25.7 Å². The van der Waals surface area contributed by atoms with Crippen molar-refractivity contribution in [1.29, 1.82) is 0 Å². The van der Waals surface area contributed by atoms with Crippen molar-refractivity contribution in [3.8, 4) is 0 Å². The Morgan fingerprint density at radius 1 is 1.14 bits per heavy atom. The van der Waals surface area contributed by atoms with Crippen molar-refractivity contribution in [2.45, 2.75) is 31.7 Å². The maximum Gasteiger partial charge on any atom is 0.0285 e. The molecule has 2 aliphatic rings. The molecule has 14 heavy (non-hydrogen) atoms. The molecule has 2 rings (SSSR count). The van der Waals surface area contributed by atoms with Crippen LogP contribution in [0.5, 0.6) is 0 Å². The molecule has 0 bridgehead atoms. The van der Waals surface area contributed by atoms with Crippen molar-refractivity contribution < 1.29 is 0 Å². The monoisotopic (exact) mass is 214 g/mol. The van der Waals surface area contributed by atoms with Crippen LogP contribution in [0.25, 0.3) is 0 Å². The second-order valence-corrected chi connectivity index (χ2v) is 5.59. The van der Waals surface area contributed by atoms with Crippen LogP contribution < -0.4 is 5.32 Å². The first kappa shape index (κ1) is 10.8. The number of rotatable bonds is 2. The van der Waals surface area contributed by atoms with Crippen LogP contribution in [-0.4, -0.2) is 48.6 Å². The molecule has 2 heterocycles. The molecule has 0 spiro atoms. The van der Waals surface area contributed by atoms with Crippen molar-refractivity contribution in [2.75, 3.05) is 37.7 Å². The van der Waals surface area contributed by atoms with Gasteiger partial charge < -0.3 is 10.2 Å². The lowest BCUT2D eigenvalue weighted by Crippen LogP contribution is -2.44. The summed E-state index contributed by atoms with van der Waals surface area (Å²) in [4.78, 5) is 2.65. The molecule has 1 N–H and O–H groups in total. The van der Waals surface area contributed by atoms with Gasteiger partial charge in [0.05, 0.1) is 0 Å². The van der Waals surface area contributed by atoms with Crippen molar-refractivity contribution in [3.05, 3.63) is 0 Å². The van der Waals surface area contributed by atoms with Gasteiger partial charge in [-0.2, -0.15) is 11.8 Å². The number of hydrogen-bond donors (Lipinski definition) is 1. The third-order valence-corrected chi connectivity index (χ3v) is 4.36. The molecule has 1 atom stereocenters. The Kier molecular flexibility index (Phi) is 4.61. The first-order chi connectivity index (χ1) is 6.95. The predicted molar refractivity (Wildman–Crippen MR) is 64.0 cm³/mol. The molecule has 3 heteroatoms. The second-order valence-electron chi connectivity index (χ2n) is 4.44. The van der Waals surface area contributed by atoms with Crippen molar-refractivity contribution in [1.82, 2.24) is 10.2 Å². The molecular formula is C11H22N2S. The van der Waals surface area contributed by atoms with Crippen LogP contribution in [0.4, 0.5) is 0 Å². The van der Waals surface area contributed by atoms with Crippen LogP contribution in [0.15, 0.2) is 0 Å². The molecule has 0 saturated carbocycles. The molecule has 0 amide bonds. The average molecular weight is 214 g/mol. The number of piperidine rings is 1. The standard InChI is InChI=1S/C11H22N2S/c1-2-6-13(7-3-1)9-11-10-14-8-4-5-12-11/h11-12H,1-10H2/t11-/m0/s1. The molecule has 0 aliphatic carbocycles. The van der Waals surface area contributed by atoms with E-state index in [1.54, 1.807) is 0 Å². The fourth-order valence-corrected chi connectivity index (χ4v) is 3.36. The van der Waals surface area contributed by atoms with E-state index < -0.39 is 0 Å². The number of hydrogen-bond acceptors (Lipinski definition) is 3. The van der Waals surface area contributed by atoms with Gasteiger partial charge in [0.1, 0.15) is 0 Å². The predicted octanol–water partition coefficient (Wildman–Crippen LogP) is 1.57. The number of thioether (sulfide) groups is 1. The quantitative estimate of drug-likeness (QED) is 0.751. The SMILES string of the molecule is C1CCN(C[C@H]2CSCCCN2)CC1. The summed E-state index contributed by atoms with van der Waals surface area (Å²) in [5.74, 6) is 2.67. The summed E-state index contributed by atoms with van der Waals surface area (Å²) in [5.41, 5.74) is 0. The van der Waals surface area contributed by atoms with E-state index in [0.29, 0.717) is 0 Å². The molecule has 0 radical (unpaired) electrons. The summed E-state index contributed by atoms with van der Waals surface area (Å²) >= 11 is 2.12. The Bertz CT molecular complexity index is 149. The van der Waals surface area contributed by atoms with Crippen LogP contribution in [0.2, 0.25) is 0 Å². The van der Waals surface area contributed by atoms with Gasteiger partial charge in [-0.1, -0.05) is 6.42 Å². The van der Waals surface area contributed by atoms with E-state index in [1.165, 1.54) is 63.4 Å². The minimum Gasteiger partial charge on any atom is -0.312 e. The van der Waals surface area contributed by atoms with Gasteiger partial charge in [-0.05, 0) is 44.6 Å². The lowest BCUT2D eigenvalue weighted by Gasteiger charge is -2.30. The Labute approximate surface area is 91.8 Å². The van der Waals surface area contributed by atoms with Gasteiger partial charge in [-0.15, -0.1) is 0 Å². The first-order valence-electron chi connectivity index (χ1n) is 5.98. The highest BCUT2D eigenvalue weighted by Gasteiger charge is 2.17. The van der Waals surface area contributed by atoms with Gasteiger partial charge in [-0.25, -0.2) is 0 Å². The van der Waals surface area contributed by atoms with E-state index in [2.05, 4.69) is 22.0 Å². The summed E-state index contributed by atoms with van der Waals surface area (Å²) in [6, 6.07) is 0.751. The van der Waals surface area contributed by atoms with Crippen molar-refractivity contribution >= 4 is 11.8 Å². The summed E-state index contributed by atoms with van der Waals surface area (Å²) in [6.07, 6.45) is 5.63. The highest BCUT2D eigenvalue weighted by molar-refractivity contribution is 7.99. The fourth-order valence-electron chi connectivity index (χ4n) is 2.34. The minimum atomic E-state index is 0.751. The second kappa shape index (κ2) is 5.99. The lowest BCUT2D eigenvalue weighted by molar-refractivity contribution is 0.211.